The Kier molecular flexibility index (Phi) is 2.21. The number of rotatable bonds is 1. The molecule has 0 unspecified atom stereocenters. The van der Waals surface area contributed by atoms with Crippen molar-refractivity contribution in [2.45, 2.75) is 31.8 Å². The average Bonchev–Trinajstić information content (AvgIpc) is 2.25. The minimum absolute atomic E-state index is 0.0392. The molecule has 1 aromatic rings. The number of amides is 1. The molecule has 3 rings (SSSR count). The van der Waals surface area contributed by atoms with E-state index in [2.05, 4.69) is 17.5 Å². The van der Waals surface area contributed by atoms with Gasteiger partial charge in [0.1, 0.15) is 11.4 Å². The summed E-state index contributed by atoms with van der Waals surface area (Å²) < 4.78 is 6.02. The molecule has 3 heteroatoms. The summed E-state index contributed by atoms with van der Waals surface area (Å²) in [5, 5.41) is 2.78. The van der Waals surface area contributed by atoms with E-state index in [1.165, 1.54) is 13.3 Å². The Hall–Kier alpha value is -1.77. The van der Waals surface area contributed by atoms with Crippen LogP contribution < -0.4 is 10.1 Å². The second-order valence-corrected chi connectivity index (χ2v) is 4.79. The topological polar surface area (TPSA) is 38.3 Å². The predicted octanol–water partition coefficient (Wildman–Crippen LogP) is 2.97. The largest absolute Gasteiger partial charge is 0.483 e. The van der Waals surface area contributed by atoms with Gasteiger partial charge in [-0.15, -0.1) is 0 Å². The van der Waals surface area contributed by atoms with E-state index in [0.29, 0.717) is 0 Å². The van der Waals surface area contributed by atoms with Gasteiger partial charge in [0.05, 0.1) is 0 Å². The smallest absolute Gasteiger partial charge is 0.221 e. The van der Waals surface area contributed by atoms with Gasteiger partial charge in [-0.3, -0.25) is 4.79 Å². The lowest BCUT2D eigenvalue weighted by Gasteiger charge is -2.41. The highest BCUT2D eigenvalue weighted by molar-refractivity contribution is 5.89. The predicted molar refractivity (Wildman–Crippen MR) is 67.0 cm³/mol. The molecule has 1 aliphatic carbocycles. The minimum Gasteiger partial charge on any atom is -0.483 e. The molecule has 1 N–H and O–H groups in total. The van der Waals surface area contributed by atoms with Crippen molar-refractivity contribution in [3.8, 4) is 5.75 Å². The lowest BCUT2D eigenvalue weighted by molar-refractivity contribution is -0.114. The molecule has 1 aromatic carbocycles. The highest BCUT2D eigenvalue weighted by Gasteiger charge is 2.38. The van der Waals surface area contributed by atoms with E-state index in [1.807, 2.05) is 18.2 Å². The van der Waals surface area contributed by atoms with E-state index in [9.17, 15) is 4.79 Å². The number of carbonyl (C=O) groups excluding carboxylic acids is 1. The van der Waals surface area contributed by atoms with E-state index in [0.717, 1.165) is 29.8 Å². The van der Waals surface area contributed by atoms with E-state index in [1.54, 1.807) is 0 Å². The van der Waals surface area contributed by atoms with Crippen molar-refractivity contribution in [3.05, 3.63) is 29.8 Å². The minimum atomic E-state index is -0.0545. The Morgan fingerprint density at radius 3 is 2.88 bits per heavy atom. The van der Waals surface area contributed by atoms with Crippen LogP contribution in [0.3, 0.4) is 0 Å². The second kappa shape index (κ2) is 3.62. The third kappa shape index (κ3) is 1.82. The molecule has 1 aliphatic heterocycles. The summed E-state index contributed by atoms with van der Waals surface area (Å²) in [5.41, 5.74) is 1.81. The van der Waals surface area contributed by atoms with Crippen molar-refractivity contribution in [1.82, 2.24) is 0 Å². The maximum Gasteiger partial charge on any atom is 0.221 e. The first-order valence-corrected chi connectivity index (χ1v) is 5.97. The first kappa shape index (κ1) is 10.4. The maximum absolute atomic E-state index is 11.0. The molecule has 1 fully saturated rings. The summed E-state index contributed by atoms with van der Waals surface area (Å²) in [6.45, 7) is 1.51. The first-order chi connectivity index (χ1) is 8.17. The van der Waals surface area contributed by atoms with Crippen molar-refractivity contribution in [1.29, 1.82) is 0 Å². The zero-order valence-electron chi connectivity index (χ0n) is 9.82. The second-order valence-electron chi connectivity index (χ2n) is 4.79. The Morgan fingerprint density at radius 1 is 1.41 bits per heavy atom. The molecule has 0 radical (unpaired) electrons. The summed E-state index contributed by atoms with van der Waals surface area (Å²) >= 11 is 0. The summed E-state index contributed by atoms with van der Waals surface area (Å²) in [4.78, 5) is 11.0. The van der Waals surface area contributed by atoms with Crippen LogP contribution in [-0.4, -0.2) is 11.5 Å². The fourth-order valence-electron chi connectivity index (χ4n) is 2.34. The Morgan fingerprint density at radius 2 is 2.24 bits per heavy atom. The van der Waals surface area contributed by atoms with Crippen LogP contribution in [0.4, 0.5) is 5.69 Å². The molecule has 17 heavy (non-hydrogen) atoms. The molecule has 1 heterocycles. The van der Waals surface area contributed by atoms with Crippen LogP contribution >= 0.6 is 0 Å². The van der Waals surface area contributed by atoms with Gasteiger partial charge in [-0.2, -0.15) is 0 Å². The van der Waals surface area contributed by atoms with Crippen LogP contribution in [0.25, 0.3) is 6.08 Å². The van der Waals surface area contributed by atoms with Crippen molar-refractivity contribution < 1.29 is 9.53 Å². The first-order valence-electron chi connectivity index (χ1n) is 5.97. The van der Waals surface area contributed by atoms with Crippen molar-refractivity contribution in [3.63, 3.8) is 0 Å². The molecule has 1 saturated carbocycles. The zero-order valence-corrected chi connectivity index (χ0v) is 9.82. The molecule has 0 atom stereocenters. The van der Waals surface area contributed by atoms with Gasteiger partial charge in [0.15, 0.2) is 0 Å². The van der Waals surface area contributed by atoms with E-state index in [4.69, 9.17) is 4.74 Å². The third-order valence-corrected chi connectivity index (χ3v) is 3.41. The normalized spacial score (nSPS) is 19.1. The van der Waals surface area contributed by atoms with Crippen LogP contribution in [-0.2, 0) is 4.79 Å². The number of fused-ring (bicyclic) bond motifs is 1. The van der Waals surface area contributed by atoms with Gasteiger partial charge in [0, 0.05) is 18.2 Å². The van der Waals surface area contributed by atoms with Gasteiger partial charge >= 0.3 is 0 Å². The number of nitrogens with one attached hydrogen (secondary N) is 1. The fourth-order valence-corrected chi connectivity index (χ4v) is 2.34. The molecule has 1 amide bonds. The van der Waals surface area contributed by atoms with Gasteiger partial charge in [0.25, 0.3) is 0 Å². The lowest BCUT2D eigenvalue weighted by atomic mass is 9.78. The van der Waals surface area contributed by atoms with Crippen molar-refractivity contribution in [2.24, 2.45) is 0 Å². The monoisotopic (exact) mass is 229 g/mol. The average molecular weight is 229 g/mol. The summed E-state index contributed by atoms with van der Waals surface area (Å²) in [7, 11) is 0. The summed E-state index contributed by atoms with van der Waals surface area (Å²) in [6, 6.07) is 5.76. The van der Waals surface area contributed by atoms with Gasteiger partial charge in [0.2, 0.25) is 5.91 Å². The van der Waals surface area contributed by atoms with Gasteiger partial charge in [-0.25, -0.2) is 0 Å². The Labute approximate surface area is 100 Å². The van der Waals surface area contributed by atoms with E-state index in [-0.39, 0.29) is 11.5 Å². The number of carbonyl (C=O) groups is 1. The Bertz CT molecular complexity index is 501. The molecule has 3 nitrogen and oxygen atoms in total. The Balaban J connectivity index is 1.88. The molecule has 0 aromatic heterocycles. The van der Waals surface area contributed by atoms with Gasteiger partial charge < -0.3 is 10.1 Å². The molecule has 88 valence electrons. The van der Waals surface area contributed by atoms with Crippen LogP contribution in [0.2, 0.25) is 0 Å². The highest BCUT2D eigenvalue weighted by atomic mass is 16.5. The summed E-state index contributed by atoms with van der Waals surface area (Å²) in [5.74, 6) is 0.863. The molecular formula is C14H15NO2. The van der Waals surface area contributed by atoms with Crippen molar-refractivity contribution in [2.75, 3.05) is 5.32 Å². The fraction of sp³-hybridized carbons (Fsp3) is 0.357. The number of ether oxygens (including phenoxy) is 1. The van der Waals surface area contributed by atoms with Gasteiger partial charge in [-0.1, -0.05) is 6.08 Å². The molecule has 2 aliphatic rings. The number of anilines is 1. The zero-order chi connectivity index (χ0) is 11.9. The number of hydrogen-bond donors (Lipinski definition) is 1. The van der Waals surface area contributed by atoms with Crippen LogP contribution in [0.5, 0.6) is 5.75 Å². The standard InChI is InChI=1S/C14H15NO2/c1-10(16)15-12-3-4-13-11(9-12)5-8-14(17-13)6-2-7-14/h3-5,8-9H,2,6-7H2,1H3,(H,15,16). The van der Waals surface area contributed by atoms with Crippen molar-refractivity contribution >= 4 is 17.7 Å². The third-order valence-electron chi connectivity index (χ3n) is 3.41. The SMILES string of the molecule is CC(=O)Nc1ccc2c(c1)C=CC1(CCC1)O2. The molecule has 0 saturated heterocycles. The van der Waals surface area contributed by atoms with Crippen LogP contribution in [0.15, 0.2) is 24.3 Å². The molecular weight excluding hydrogens is 214 g/mol. The number of hydrogen-bond acceptors (Lipinski definition) is 2. The number of benzene rings is 1. The summed E-state index contributed by atoms with van der Waals surface area (Å²) in [6.07, 6.45) is 7.70. The van der Waals surface area contributed by atoms with Crippen LogP contribution in [0, 0.1) is 0 Å². The van der Waals surface area contributed by atoms with E-state index < -0.39 is 0 Å². The van der Waals surface area contributed by atoms with Gasteiger partial charge in [-0.05, 0) is 43.5 Å². The molecule has 0 bridgehead atoms. The maximum atomic E-state index is 11.0. The lowest BCUT2D eigenvalue weighted by Crippen LogP contribution is -2.42. The highest BCUT2D eigenvalue weighted by Crippen LogP contribution is 2.43. The molecule has 1 spiro atoms. The quantitative estimate of drug-likeness (QED) is 0.804. The van der Waals surface area contributed by atoms with E-state index >= 15 is 0 Å². The van der Waals surface area contributed by atoms with Crippen LogP contribution in [0.1, 0.15) is 31.7 Å².